The number of hydrogen-bond donors (Lipinski definition) is 1. The van der Waals surface area contributed by atoms with Crippen molar-refractivity contribution in [2.24, 2.45) is 0 Å². The Kier molecular flexibility index (Phi) is 3.56. The molecule has 0 atom stereocenters. The minimum Gasteiger partial charge on any atom is -0.481 e. The lowest BCUT2D eigenvalue weighted by Gasteiger charge is -2.05. The molecule has 2 nitrogen and oxygen atoms in total. The highest BCUT2D eigenvalue weighted by Crippen LogP contribution is 2.10. The van der Waals surface area contributed by atoms with Gasteiger partial charge in [-0.25, -0.2) is 8.78 Å². The molecule has 0 saturated heterocycles. The third kappa shape index (κ3) is 2.80. The highest BCUT2D eigenvalue weighted by molar-refractivity contribution is 5.75. The summed E-state index contributed by atoms with van der Waals surface area (Å²) in [5.41, 5.74) is 0.268. The molecular weight excluding hydrogens is 188 g/mol. The van der Waals surface area contributed by atoms with Crippen LogP contribution in [0.15, 0.2) is 18.2 Å². The Balaban J connectivity index is 2.72. The molecule has 0 unspecified atom stereocenters. The van der Waals surface area contributed by atoms with Crippen LogP contribution >= 0.6 is 0 Å². The van der Waals surface area contributed by atoms with Crippen LogP contribution in [0.4, 0.5) is 8.78 Å². The molecular formula is C10H11F2NO. The van der Waals surface area contributed by atoms with Gasteiger partial charge in [0.15, 0.2) is 5.90 Å². The normalized spacial score (nSPS) is 9.93. The number of halogens is 2. The fourth-order valence-electron chi connectivity index (χ4n) is 1.06. The van der Waals surface area contributed by atoms with Crippen LogP contribution in [0.2, 0.25) is 0 Å². The van der Waals surface area contributed by atoms with Gasteiger partial charge in [-0.15, -0.1) is 0 Å². The quantitative estimate of drug-likeness (QED) is 0.589. The number of ether oxygens (including phenoxy) is 1. The molecule has 0 amide bonds. The molecule has 0 aliphatic heterocycles. The Morgan fingerprint density at radius 3 is 2.71 bits per heavy atom. The second kappa shape index (κ2) is 4.69. The van der Waals surface area contributed by atoms with Gasteiger partial charge >= 0.3 is 0 Å². The molecule has 0 aromatic heterocycles. The molecule has 0 saturated carbocycles. The molecule has 0 aliphatic carbocycles. The third-order valence-corrected chi connectivity index (χ3v) is 1.68. The summed E-state index contributed by atoms with van der Waals surface area (Å²) in [4.78, 5) is 0. The lowest BCUT2D eigenvalue weighted by Crippen LogP contribution is -2.08. The van der Waals surface area contributed by atoms with Crippen LogP contribution in [0.25, 0.3) is 0 Å². The molecule has 1 rings (SSSR count). The maximum absolute atomic E-state index is 13.1. The molecule has 1 N–H and O–H groups in total. The molecule has 0 spiro atoms. The summed E-state index contributed by atoms with van der Waals surface area (Å²) in [7, 11) is 0. The predicted octanol–water partition coefficient (Wildman–Crippen LogP) is 2.52. The van der Waals surface area contributed by atoms with E-state index in [1.54, 1.807) is 6.92 Å². The first-order chi connectivity index (χ1) is 6.63. The monoisotopic (exact) mass is 199 g/mol. The zero-order valence-electron chi connectivity index (χ0n) is 7.81. The zero-order valence-corrected chi connectivity index (χ0v) is 7.81. The van der Waals surface area contributed by atoms with E-state index in [0.29, 0.717) is 6.61 Å². The first kappa shape index (κ1) is 10.6. The number of nitrogens with one attached hydrogen (secondary N) is 1. The molecule has 0 radical (unpaired) electrons. The number of hydrogen-bond acceptors (Lipinski definition) is 2. The van der Waals surface area contributed by atoms with Crippen LogP contribution in [-0.4, -0.2) is 12.5 Å². The first-order valence-corrected chi connectivity index (χ1v) is 4.27. The van der Waals surface area contributed by atoms with E-state index in [1.807, 2.05) is 0 Å². The molecule has 4 heteroatoms. The van der Waals surface area contributed by atoms with E-state index in [-0.39, 0.29) is 17.9 Å². The Hall–Kier alpha value is -1.45. The van der Waals surface area contributed by atoms with Gasteiger partial charge < -0.3 is 4.74 Å². The van der Waals surface area contributed by atoms with Crippen LogP contribution in [0.3, 0.4) is 0 Å². The molecule has 1 aromatic rings. The van der Waals surface area contributed by atoms with E-state index in [0.717, 1.165) is 12.1 Å². The van der Waals surface area contributed by atoms with Gasteiger partial charge in [0.2, 0.25) is 0 Å². The van der Waals surface area contributed by atoms with Crippen LogP contribution in [0, 0.1) is 17.0 Å². The summed E-state index contributed by atoms with van der Waals surface area (Å²) in [6.07, 6.45) is 0.0555. The zero-order chi connectivity index (χ0) is 10.6. The van der Waals surface area contributed by atoms with Gasteiger partial charge in [0.25, 0.3) is 0 Å². The Morgan fingerprint density at radius 2 is 2.14 bits per heavy atom. The third-order valence-electron chi connectivity index (χ3n) is 1.68. The molecule has 1 aromatic carbocycles. The fourth-order valence-corrected chi connectivity index (χ4v) is 1.06. The Morgan fingerprint density at radius 1 is 1.43 bits per heavy atom. The topological polar surface area (TPSA) is 33.1 Å². The van der Waals surface area contributed by atoms with Gasteiger partial charge in [0.1, 0.15) is 11.6 Å². The molecule has 0 heterocycles. The van der Waals surface area contributed by atoms with E-state index in [1.165, 1.54) is 6.07 Å². The van der Waals surface area contributed by atoms with E-state index >= 15 is 0 Å². The maximum atomic E-state index is 13.1. The van der Waals surface area contributed by atoms with Crippen LogP contribution in [-0.2, 0) is 11.2 Å². The van der Waals surface area contributed by atoms with E-state index < -0.39 is 11.6 Å². The second-order valence-corrected chi connectivity index (χ2v) is 2.77. The van der Waals surface area contributed by atoms with Crippen molar-refractivity contribution in [3.63, 3.8) is 0 Å². The average Bonchev–Trinajstić information content (AvgIpc) is 2.10. The summed E-state index contributed by atoms with van der Waals surface area (Å²) in [5.74, 6) is -1.28. The lowest BCUT2D eigenvalue weighted by molar-refractivity contribution is 0.316. The van der Waals surface area contributed by atoms with Gasteiger partial charge in [0, 0.05) is 6.07 Å². The van der Waals surface area contributed by atoms with Crippen LogP contribution in [0.1, 0.15) is 12.5 Å². The van der Waals surface area contributed by atoms with Crippen LogP contribution < -0.4 is 0 Å². The summed E-state index contributed by atoms with van der Waals surface area (Å²) >= 11 is 0. The molecule has 0 bridgehead atoms. The highest BCUT2D eigenvalue weighted by atomic mass is 19.1. The van der Waals surface area contributed by atoms with E-state index in [2.05, 4.69) is 0 Å². The summed E-state index contributed by atoms with van der Waals surface area (Å²) in [6.45, 7) is 2.12. The van der Waals surface area contributed by atoms with Crippen molar-refractivity contribution in [1.82, 2.24) is 0 Å². The predicted molar refractivity (Wildman–Crippen MR) is 49.4 cm³/mol. The highest BCUT2D eigenvalue weighted by Gasteiger charge is 2.06. The van der Waals surface area contributed by atoms with Crippen molar-refractivity contribution in [3.8, 4) is 0 Å². The maximum Gasteiger partial charge on any atom is 0.184 e. The number of rotatable bonds is 3. The van der Waals surface area contributed by atoms with E-state index in [4.69, 9.17) is 10.1 Å². The van der Waals surface area contributed by atoms with Gasteiger partial charge in [-0.2, -0.15) is 0 Å². The average molecular weight is 199 g/mol. The van der Waals surface area contributed by atoms with Gasteiger partial charge in [0.05, 0.1) is 13.0 Å². The summed E-state index contributed by atoms with van der Waals surface area (Å²) in [5, 5.41) is 7.29. The van der Waals surface area contributed by atoms with Crippen molar-refractivity contribution in [3.05, 3.63) is 35.4 Å². The molecule has 76 valence electrons. The molecule has 0 fully saturated rings. The van der Waals surface area contributed by atoms with E-state index in [9.17, 15) is 8.78 Å². The van der Waals surface area contributed by atoms with Gasteiger partial charge in [-0.3, -0.25) is 5.41 Å². The largest absolute Gasteiger partial charge is 0.481 e. The first-order valence-electron chi connectivity index (χ1n) is 4.27. The summed E-state index contributed by atoms with van der Waals surface area (Å²) in [6, 6.07) is 3.28. The van der Waals surface area contributed by atoms with Gasteiger partial charge in [-0.05, 0) is 18.6 Å². The van der Waals surface area contributed by atoms with Gasteiger partial charge in [-0.1, -0.05) is 6.07 Å². The van der Waals surface area contributed by atoms with Crippen molar-refractivity contribution in [1.29, 1.82) is 5.41 Å². The SMILES string of the molecule is CCOC(=N)Cc1ccc(F)cc1F. The smallest absolute Gasteiger partial charge is 0.184 e. The number of benzene rings is 1. The molecule has 0 aliphatic rings. The van der Waals surface area contributed by atoms with Crippen molar-refractivity contribution in [2.45, 2.75) is 13.3 Å². The Bertz CT molecular complexity index is 339. The molecule has 14 heavy (non-hydrogen) atoms. The van der Waals surface area contributed by atoms with Crippen molar-refractivity contribution in [2.75, 3.05) is 6.61 Å². The fraction of sp³-hybridized carbons (Fsp3) is 0.300. The second-order valence-electron chi connectivity index (χ2n) is 2.77. The van der Waals surface area contributed by atoms with Crippen LogP contribution in [0.5, 0.6) is 0 Å². The standard InChI is InChI=1S/C10H11F2NO/c1-2-14-10(13)5-7-3-4-8(11)6-9(7)12/h3-4,6,13H,2,5H2,1H3. The Labute approximate surface area is 81.0 Å². The minimum atomic E-state index is -0.644. The lowest BCUT2D eigenvalue weighted by atomic mass is 10.1. The minimum absolute atomic E-state index is 0.0157. The summed E-state index contributed by atoms with van der Waals surface area (Å²) < 4.78 is 30.4. The van der Waals surface area contributed by atoms with Crippen molar-refractivity contribution >= 4 is 5.90 Å². The van der Waals surface area contributed by atoms with Crippen molar-refractivity contribution < 1.29 is 13.5 Å².